The molecule has 11 nitrogen and oxygen atoms in total. The Kier molecular flexibility index (Phi) is 12.5. The van der Waals surface area contributed by atoms with Crippen LogP contribution in [0.2, 0.25) is 0 Å². The molecule has 0 bridgehead atoms. The third-order valence-electron chi connectivity index (χ3n) is 12.2. The Morgan fingerprint density at radius 2 is 1.66 bits per heavy atom. The largest absolute Gasteiger partial charge is 0.417 e. The number of benzene rings is 2. The molecule has 2 aromatic carbocycles. The number of halogens is 3. The molecule has 3 heterocycles. The lowest BCUT2D eigenvalue weighted by molar-refractivity contribution is -0.138. The van der Waals surface area contributed by atoms with Crippen molar-refractivity contribution in [2.45, 2.75) is 120 Å². The number of carbonyl (C=O) groups is 4. The van der Waals surface area contributed by atoms with Gasteiger partial charge in [-0.2, -0.15) is 18.4 Å². The Morgan fingerprint density at radius 3 is 2.27 bits per heavy atom. The molecule has 4 fully saturated rings. The van der Waals surface area contributed by atoms with Gasteiger partial charge < -0.3 is 10.2 Å². The Balaban J connectivity index is 0.941. The van der Waals surface area contributed by atoms with E-state index in [4.69, 9.17) is 12.6 Å². The van der Waals surface area contributed by atoms with Crippen LogP contribution in [0.1, 0.15) is 102 Å². The average Bonchev–Trinajstić information content (AvgIpc) is 3.32. The van der Waals surface area contributed by atoms with Gasteiger partial charge in [0.2, 0.25) is 23.6 Å². The third kappa shape index (κ3) is 8.93. The van der Waals surface area contributed by atoms with Gasteiger partial charge in [0.25, 0.3) is 0 Å². The van der Waals surface area contributed by atoms with Crippen LogP contribution in [0, 0.1) is 17.2 Å². The summed E-state index contributed by atoms with van der Waals surface area (Å²) in [5.74, 6) is -0.764. The number of nitrogens with one attached hydrogen (secondary N) is 2. The number of carbonyl (C=O) groups excluding carboxylic acids is 4. The molecule has 2 unspecified atom stereocenters. The number of imide groups is 1. The molecule has 1 aliphatic carbocycles. The highest BCUT2D eigenvalue weighted by molar-refractivity contribution is 7.81. The van der Waals surface area contributed by atoms with Crippen molar-refractivity contribution in [3.63, 3.8) is 0 Å². The number of piperazine rings is 1. The highest BCUT2D eigenvalue weighted by Gasteiger charge is 2.54. The second-order valence-corrected chi connectivity index (χ2v) is 16.9. The molecule has 2 aromatic rings. The summed E-state index contributed by atoms with van der Waals surface area (Å²) < 4.78 is 41.2. The van der Waals surface area contributed by atoms with Gasteiger partial charge in [-0.1, -0.05) is 12.1 Å². The van der Waals surface area contributed by atoms with Crippen molar-refractivity contribution >= 4 is 47.6 Å². The first-order valence-corrected chi connectivity index (χ1v) is 20.1. The van der Waals surface area contributed by atoms with Crippen LogP contribution in [0.5, 0.6) is 0 Å². The first-order valence-electron chi connectivity index (χ1n) is 19.6. The van der Waals surface area contributed by atoms with Crippen LogP contribution >= 0.6 is 12.6 Å². The fourth-order valence-electron chi connectivity index (χ4n) is 9.29. The molecule has 1 saturated carbocycles. The minimum absolute atomic E-state index is 0.0577. The Labute approximate surface area is 332 Å². The number of thiol groups is 1. The van der Waals surface area contributed by atoms with Crippen LogP contribution < -0.4 is 15.5 Å². The van der Waals surface area contributed by atoms with Crippen LogP contribution in [-0.4, -0.2) is 93.7 Å². The van der Waals surface area contributed by atoms with E-state index in [0.29, 0.717) is 24.4 Å². The van der Waals surface area contributed by atoms with E-state index in [0.717, 1.165) is 75.9 Å². The molecule has 15 heteroatoms. The van der Waals surface area contributed by atoms with Gasteiger partial charge in [-0.25, -0.2) is 0 Å². The minimum Gasteiger partial charge on any atom is -0.325 e. The van der Waals surface area contributed by atoms with Gasteiger partial charge in [0.1, 0.15) is 5.50 Å². The number of hydrogen-bond donors (Lipinski definition) is 3. The van der Waals surface area contributed by atoms with Gasteiger partial charge in [0.15, 0.2) is 0 Å². The first-order chi connectivity index (χ1) is 26.5. The topological polar surface area (TPSA) is 129 Å². The molecule has 3 saturated heterocycles. The number of nitrogens with zero attached hydrogens (tertiary/aromatic N) is 5. The van der Waals surface area contributed by atoms with E-state index in [1.807, 2.05) is 17.0 Å². The number of nitriles is 1. The Morgan fingerprint density at radius 1 is 1.00 bits per heavy atom. The summed E-state index contributed by atoms with van der Waals surface area (Å²) >= 11 is 4.79. The molecule has 0 spiro atoms. The number of alkyl halides is 3. The smallest absolute Gasteiger partial charge is 0.325 e. The molecule has 302 valence electrons. The molecule has 4 atom stereocenters. The van der Waals surface area contributed by atoms with Crippen LogP contribution in [0.15, 0.2) is 42.5 Å². The maximum absolute atomic E-state index is 13.7. The number of anilines is 2. The molecule has 0 radical (unpaired) electrons. The summed E-state index contributed by atoms with van der Waals surface area (Å²) in [6, 6.07) is 12.7. The molecule has 2 N–H and O–H groups in total. The van der Waals surface area contributed by atoms with Gasteiger partial charge in [-0.3, -0.25) is 39.2 Å². The predicted octanol–water partition coefficient (Wildman–Crippen LogP) is 6.11. The zero-order chi connectivity index (χ0) is 40.5. The van der Waals surface area contributed by atoms with Crippen molar-refractivity contribution in [2.75, 3.05) is 36.4 Å². The van der Waals surface area contributed by atoms with Crippen molar-refractivity contribution in [2.24, 2.45) is 5.92 Å². The second kappa shape index (κ2) is 16.9. The number of hydrogen-bond acceptors (Lipinski definition) is 9. The molecular weight excluding hydrogens is 744 g/mol. The van der Waals surface area contributed by atoms with E-state index in [9.17, 15) is 37.6 Å². The van der Waals surface area contributed by atoms with Crippen molar-refractivity contribution in [1.29, 1.82) is 5.26 Å². The summed E-state index contributed by atoms with van der Waals surface area (Å²) in [6.45, 7) is 10.9. The summed E-state index contributed by atoms with van der Waals surface area (Å²) in [5, 5.41) is 14.6. The van der Waals surface area contributed by atoms with Crippen LogP contribution in [-0.2, 0) is 25.4 Å². The molecule has 56 heavy (non-hydrogen) atoms. The zero-order valence-electron chi connectivity index (χ0n) is 32.4. The maximum Gasteiger partial charge on any atom is 0.417 e. The minimum atomic E-state index is -4.73. The van der Waals surface area contributed by atoms with Crippen molar-refractivity contribution in [3.05, 3.63) is 59.2 Å². The molecule has 0 aromatic heterocycles. The summed E-state index contributed by atoms with van der Waals surface area (Å²) in [5.41, 5.74) is -1.69. The van der Waals surface area contributed by atoms with Crippen LogP contribution in [0.25, 0.3) is 0 Å². The maximum atomic E-state index is 13.7. The SMILES string of the molecule is C[C@@H]1CN(CCCC2CCC(N3C(S)N(c4ccc(C#N)c(C(F)(F)F)c4)C(=O)C3(C)C)CC2)C[C@H](C)N1CC(=O)Nc1ccc(C2CCC(=O)NC2=O)cc1. The third-order valence-corrected chi connectivity index (χ3v) is 12.7. The standard InChI is InChI=1S/C41H52F3N7O4S/c1-25-22-48(23-26(2)49(25)24-36(53)46-30-12-9-28(10-13-30)33-17-18-35(52)47-37(33)54)19-5-6-27-7-14-31(15-8-27)51-39(56)50(38(55)40(51,3)4)32-16-11-29(21-45)34(20-32)41(42,43)44/h9-13,16,20,25-27,31,33,39,56H,5-8,14-15,17-19,22-24H2,1-4H3,(H,46,53)(H,47,52,54)/t25-,26+,27?,31?,33?,39?. The zero-order valence-corrected chi connectivity index (χ0v) is 33.3. The summed E-state index contributed by atoms with van der Waals surface area (Å²) in [6.07, 6.45) is 1.93. The molecule has 3 aliphatic heterocycles. The van der Waals surface area contributed by atoms with Crippen molar-refractivity contribution in [3.8, 4) is 6.07 Å². The van der Waals surface area contributed by atoms with E-state index in [1.165, 1.54) is 11.0 Å². The van der Waals surface area contributed by atoms with Gasteiger partial charge in [-0.15, -0.1) is 12.6 Å². The van der Waals surface area contributed by atoms with Gasteiger partial charge in [0, 0.05) is 49.0 Å². The highest BCUT2D eigenvalue weighted by atomic mass is 32.1. The second-order valence-electron chi connectivity index (χ2n) is 16.4. The molecule has 4 aliphatic rings. The van der Waals surface area contributed by atoms with E-state index < -0.39 is 28.3 Å². The number of piperidine rings is 1. The fourth-order valence-corrected chi connectivity index (χ4v) is 10.0. The van der Waals surface area contributed by atoms with Crippen molar-refractivity contribution in [1.82, 2.24) is 20.0 Å². The van der Waals surface area contributed by atoms with Crippen molar-refractivity contribution < 1.29 is 32.3 Å². The molecular formula is C41H52F3N7O4S. The van der Waals surface area contributed by atoms with Gasteiger partial charge in [0.05, 0.1) is 35.2 Å². The van der Waals surface area contributed by atoms with E-state index in [2.05, 4.69) is 34.3 Å². The quantitative estimate of drug-likeness (QED) is 0.194. The fraction of sp³-hybridized carbons (Fsp3) is 0.585. The predicted molar refractivity (Wildman–Crippen MR) is 210 cm³/mol. The molecule has 6 rings (SSSR count). The Bertz CT molecular complexity index is 1830. The van der Waals surface area contributed by atoms with Crippen LogP contribution in [0.4, 0.5) is 24.5 Å². The van der Waals surface area contributed by atoms with E-state index >= 15 is 0 Å². The van der Waals surface area contributed by atoms with E-state index in [-0.39, 0.29) is 59.9 Å². The average molecular weight is 796 g/mol. The van der Waals surface area contributed by atoms with Crippen LogP contribution in [0.3, 0.4) is 0 Å². The normalized spacial score (nSPS) is 27.9. The first kappa shape index (κ1) is 41.7. The molecule has 4 amide bonds. The van der Waals surface area contributed by atoms with E-state index in [1.54, 1.807) is 32.0 Å². The Hall–Kier alpha value is -3.97. The number of amides is 4. The lowest BCUT2D eigenvalue weighted by Crippen LogP contribution is -2.58. The summed E-state index contributed by atoms with van der Waals surface area (Å²) in [4.78, 5) is 58.5. The lowest BCUT2D eigenvalue weighted by atomic mass is 9.81. The highest BCUT2D eigenvalue weighted by Crippen LogP contribution is 2.44. The van der Waals surface area contributed by atoms with Gasteiger partial charge >= 0.3 is 6.18 Å². The summed E-state index contributed by atoms with van der Waals surface area (Å²) in [7, 11) is 0. The monoisotopic (exact) mass is 795 g/mol. The lowest BCUT2D eigenvalue weighted by Gasteiger charge is -2.44. The number of rotatable bonds is 10. The van der Waals surface area contributed by atoms with Gasteiger partial charge in [-0.05, 0) is 121 Å².